The zero-order valence-electron chi connectivity index (χ0n) is 18.7. The smallest absolute Gasteiger partial charge is 0.410 e. The number of aryl methyl sites for hydroxylation is 1. The first-order valence-electron chi connectivity index (χ1n) is 10.00. The Balaban J connectivity index is 3.16. The molecule has 0 unspecified atom stereocenters. The fourth-order valence-electron chi connectivity index (χ4n) is 2.76. The van der Waals surface area contributed by atoms with E-state index < -0.39 is 17.7 Å². The maximum Gasteiger partial charge on any atom is 0.410 e. The van der Waals surface area contributed by atoms with Crippen LogP contribution in [0.3, 0.4) is 0 Å². The number of nitrogens with zero attached hydrogens (tertiary/aromatic N) is 4. The molecule has 29 heavy (non-hydrogen) atoms. The average Bonchev–Trinajstić information content (AvgIpc) is 3.04. The van der Waals surface area contributed by atoms with Crippen LogP contribution in [0.5, 0.6) is 0 Å². The first-order chi connectivity index (χ1) is 13.5. The Kier molecular flexibility index (Phi) is 9.13. The number of hydrogen-bond acceptors (Lipinski definition) is 5. The van der Waals surface area contributed by atoms with E-state index in [1.807, 2.05) is 13.8 Å². The van der Waals surface area contributed by atoms with E-state index in [0.717, 1.165) is 6.42 Å². The van der Waals surface area contributed by atoms with E-state index in [-0.39, 0.29) is 18.4 Å². The molecule has 0 fully saturated rings. The van der Waals surface area contributed by atoms with Crippen LogP contribution in [0.4, 0.5) is 4.79 Å². The van der Waals surface area contributed by atoms with Crippen molar-refractivity contribution in [2.45, 2.75) is 59.1 Å². The molecule has 0 bridgehead atoms. The average molecular weight is 410 g/mol. The van der Waals surface area contributed by atoms with Gasteiger partial charge in [-0.3, -0.25) is 19.2 Å². The van der Waals surface area contributed by atoms with Gasteiger partial charge in [0.05, 0.1) is 12.7 Å². The SMILES string of the molecule is CCCNC(=O)CN(CCC)C(=O)[C@H](c1cnn(C)c1)N(C)C(=O)OC(C)(C)C. The zero-order chi connectivity index (χ0) is 22.2. The van der Waals surface area contributed by atoms with E-state index in [4.69, 9.17) is 4.74 Å². The minimum Gasteiger partial charge on any atom is -0.444 e. The summed E-state index contributed by atoms with van der Waals surface area (Å²) in [7, 11) is 3.26. The predicted molar refractivity (Wildman–Crippen MR) is 110 cm³/mol. The minimum atomic E-state index is -0.941. The van der Waals surface area contributed by atoms with Gasteiger partial charge in [-0.2, -0.15) is 5.10 Å². The Morgan fingerprint density at radius 3 is 2.38 bits per heavy atom. The van der Waals surface area contributed by atoms with Gasteiger partial charge in [-0.25, -0.2) is 4.79 Å². The summed E-state index contributed by atoms with van der Waals surface area (Å²) in [6.07, 6.45) is 4.11. The number of hydrogen-bond donors (Lipinski definition) is 1. The lowest BCUT2D eigenvalue weighted by molar-refractivity contribution is -0.140. The van der Waals surface area contributed by atoms with Crippen molar-refractivity contribution in [3.63, 3.8) is 0 Å². The third-order valence-electron chi connectivity index (χ3n) is 4.06. The molecule has 0 aromatic carbocycles. The molecule has 1 atom stereocenters. The molecule has 0 aliphatic carbocycles. The maximum absolute atomic E-state index is 13.4. The number of ether oxygens (including phenoxy) is 1. The van der Waals surface area contributed by atoms with Crippen LogP contribution < -0.4 is 5.32 Å². The summed E-state index contributed by atoms with van der Waals surface area (Å²) >= 11 is 0. The number of amides is 3. The van der Waals surface area contributed by atoms with E-state index in [9.17, 15) is 14.4 Å². The van der Waals surface area contributed by atoms with E-state index in [2.05, 4.69) is 10.4 Å². The quantitative estimate of drug-likeness (QED) is 0.674. The van der Waals surface area contributed by atoms with Crippen molar-refractivity contribution in [1.82, 2.24) is 24.9 Å². The number of nitrogens with one attached hydrogen (secondary N) is 1. The van der Waals surface area contributed by atoms with Crippen molar-refractivity contribution in [1.29, 1.82) is 0 Å². The van der Waals surface area contributed by atoms with Crippen LogP contribution in [-0.2, 0) is 21.4 Å². The van der Waals surface area contributed by atoms with Gasteiger partial charge < -0.3 is 15.0 Å². The molecular formula is C20H35N5O4. The standard InChI is InChI=1S/C20H35N5O4/c1-8-10-21-16(26)14-25(11-9-2)18(27)17(15-12-22-23(6)13-15)24(7)19(28)29-20(3,4)5/h12-13,17H,8-11,14H2,1-7H3,(H,21,26)/t17-/m0/s1. The van der Waals surface area contributed by atoms with Gasteiger partial charge in [0.25, 0.3) is 5.91 Å². The second-order valence-electron chi connectivity index (χ2n) is 8.05. The first-order valence-corrected chi connectivity index (χ1v) is 10.00. The van der Waals surface area contributed by atoms with Crippen molar-refractivity contribution in [3.8, 4) is 0 Å². The fourth-order valence-corrected chi connectivity index (χ4v) is 2.76. The summed E-state index contributed by atoms with van der Waals surface area (Å²) in [5.74, 6) is -0.571. The van der Waals surface area contributed by atoms with Crippen molar-refractivity contribution in [2.24, 2.45) is 7.05 Å². The van der Waals surface area contributed by atoms with Crippen LogP contribution in [0.2, 0.25) is 0 Å². The highest BCUT2D eigenvalue weighted by atomic mass is 16.6. The van der Waals surface area contributed by atoms with Crippen LogP contribution in [0.25, 0.3) is 0 Å². The van der Waals surface area contributed by atoms with E-state index in [0.29, 0.717) is 25.1 Å². The van der Waals surface area contributed by atoms with Crippen LogP contribution in [-0.4, -0.2) is 69.8 Å². The van der Waals surface area contributed by atoms with Crippen molar-refractivity contribution < 1.29 is 19.1 Å². The Morgan fingerprint density at radius 1 is 1.24 bits per heavy atom. The van der Waals surface area contributed by atoms with E-state index in [1.54, 1.807) is 44.9 Å². The Morgan fingerprint density at radius 2 is 1.90 bits per heavy atom. The summed E-state index contributed by atoms with van der Waals surface area (Å²) in [5, 5.41) is 6.92. The highest BCUT2D eigenvalue weighted by molar-refractivity contribution is 5.90. The summed E-state index contributed by atoms with van der Waals surface area (Å²) < 4.78 is 7.01. The number of carbonyl (C=O) groups excluding carboxylic acids is 3. The summed E-state index contributed by atoms with van der Waals surface area (Å²) in [4.78, 5) is 41.0. The van der Waals surface area contributed by atoms with Crippen LogP contribution in [0.15, 0.2) is 12.4 Å². The number of rotatable bonds is 9. The first kappa shape index (κ1) is 24.5. The number of carbonyl (C=O) groups is 3. The van der Waals surface area contributed by atoms with E-state index in [1.165, 1.54) is 16.8 Å². The zero-order valence-corrected chi connectivity index (χ0v) is 18.7. The minimum absolute atomic E-state index is 0.0639. The monoisotopic (exact) mass is 409 g/mol. The van der Waals surface area contributed by atoms with Crippen LogP contribution >= 0.6 is 0 Å². The Hall–Kier alpha value is -2.58. The lowest BCUT2D eigenvalue weighted by Crippen LogP contribution is -2.48. The topological polar surface area (TPSA) is 96.8 Å². The third kappa shape index (κ3) is 7.75. The molecule has 1 aromatic heterocycles. The van der Waals surface area contributed by atoms with Crippen molar-refractivity contribution in [3.05, 3.63) is 18.0 Å². The van der Waals surface area contributed by atoms with Gasteiger partial charge in [-0.1, -0.05) is 13.8 Å². The van der Waals surface area contributed by atoms with Gasteiger partial charge in [0.2, 0.25) is 5.91 Å². The van der Waals surface area contributed by atoms with Gasteiger partial charge in [-0.15, -0.1) is 0 Å². The lowest BCUT2D eigenvalue weighted by atomic mass is 10.1. The summed E-state index contributed by atoms with van der Waals surface area (Å²) in [6, 6.07) is -0.941. The van der Waals surface area contributed by atoms with Crippen LogP contribution in [0, 0.1) is 0 Å². The second-order valence-corrected chi connectivity index (χ2v) is 8.05. The molecule has 0 spiro atoms. The number of likely N-dealkylation sites (N-methyl/N-ethyl adjacent to an activating group) is 1. The predicted octanol–water partition coefficient (Wildman–Crippen LogP) is 2.09. The molecule has 3 amide bonds. The van der Waals surface area contributed by atoms with Gasteiger partial charge in [0, 0.05) is 38.9 Å². The Labute approximate surface area is 173 Å². The lowest BCUT2D eigenvalue weighted by Gasteiger charge is -2.33. The molecule has 0 radical (unpaired) electrons. The third-order valence-corrected chi connectivity index (χ3v) is 4.06. The molecule has 0 aliphatic heterocycles. The molecule has 0 saturated heterocycles. The largest absolute Gasteiger partial charge is 0.444 e. The molecule has 1 N–H and O–H groups in total. The van der Waals surface area contributed by atoms with Gasteiger partial charge in [-0.05, 0) is 33.6 Å². The van der Waals surface area contributed by atoms with E-state index >= 15 is 0 Å². The molecule has 1 heterocycles. The molecule has 0 saturated carbocycles. The molecular weight excluding hydrogens is 374 g/mol. The molecule has 9 nitrogen and oxygen atoms in total. The fraction of sp³-hybridized carbons (Fsp3) is 0.700. The normalized spacial score (nSPS) is 12.2. The van der Waals surface area contributed by atoms with Gasteiger partial charge in [0.1, 0.15) is 11.6 Å². The number of aromatic nitrogens is 2. The highest BCUT2D eigenvalue weighted by Gasteiger charge is 2.35. The highest BCUT2D eigenvalue weighted by Crippen LogP contribution is 2.24. The molecule has 164 valence electrons. The molecule has 9 heteroatoms. The van der Waals surface area contributed by atoms with Crippen molar-refractivity contribution in [2.75, 3.05) is 26.7 Å². The summed E-state index contributed by atoms with van der Waals surface area (Å²) in [6.45, 7) is 10.1. The molecule has 0 aliphatic rings. The Bertz CT molecular complexity index is 695. The maximum atomic E-state index is 13.4. The van der Waals surface area contributed by atoms with Crippen LogP contribution in [0.1, 0.15) is 59.1 Å². The molecule has 1 rings (SSSR count). The summed E-state index contributed by atoms with van der Waals surface area (Å²) in [5.41, 5.74) is -0.141. The molecule has 1 aromatic rings. The van der Waals surface area contributed by atoms with Gasteiger partial charge in [0.15, 0.2) is 0 Å². The second kappa shape index (κ2) is 10.8. The van der Waals surface area contributed by atoms with Crippen molar-refractivity contribution >= 4 is 17.9 Å². The van der Waals surface area contributed by atoms with Gasteiger partial charge >= 0.3 is 6.09 Å².